The number of aromatic nitrogens is 2. The zero-order valence-electron chi connectivity index (χ0n) is 17.7. The van der Waals surface area contributed by atoms with Gasteiger partial charge in [0, 0.05) is 12.4 Å². The summed E-state index contributed by atoms with van der Waals surface area (Å²) in [4.78, 5) is 37.7. The number of amides is 1. The van der Waals surface area contributed by atoms with Crippen LogP contribution in [0, 0.1) is 0 Å². The molecule has 1 amide bonds. The largest absolute Gasteiger partial charge is 0.497 e. The molecule has 0 unspecified atom stereocenters. The fourth-order valence-corrected chi connectivity index (χ4v) is 3.17. The highest BCUT2D eigenvalue weighted by Crippen LogP contribution is 2.20. The maximum Gasteiger partial charge on any atom is 0.321 e. The molecule has 0 fully saturated rings. The Bertz CT molecular complexity index is 1160. The van der Waals surface area contributed by atoms with Gasteiger partial charge < -0.3 is 14.8 Å². The second-order valence-electron chi connectivity index (χ2n) is 6.87. The van der Waals surface area contributed by atoms with E-state index in [-0.39, 0.29) is 18.5 Å². The highest BCUT2D eigenvalue weighted by molar-refractivity contribution is 5.76. The molecule has 162 valence electrons. The Hall–Kier alpha value is -3.81. The van der Waals surface area contributed by atoms with Crippen LogP contribution in [0.15, 0.2) is 70.5 Å². The van der Waals surface area contributed by atoms with E-state index in [1.54, 1.807) is 31.4 Å². The molecule has 0 aliphatic carbocycles. The van der Waals surface area contributed by atoms with E-state index in [0.717, 1.165) is 15.9 Å². The number of rotatable bonds is 8. The average molecular weight is 423 g/mol. The number of carbonyl (C=O) groups excluding carboxylic acids is 1. The molecule has 0 aliphatic heterocycles. The number of para-hydroxylation sites is 2. The van der Waals surface area contributed by atoms with Crippen LogP contribution in [0.4, 0.5) is 0 Å². The normalized spacial score (nSPS) is 11.6. The van der Waals surface area contributed by atoms with Crippen molar-refractivity contribution in [2.24, 2.45) is 0 Å². The number of methoxy groups -OCH3 is 1. The highest BCUT2D eigenvalue weighted by Gasteiger charge is 2.14. The first-order valence-corrected chi connectivity index (χ1v) is 9.92. The summed E-state index contributed by atoms with van der Waals surface area (Å²) in [6, 6.07) is 14.0. The first kappa shape index (κ1) is 21.9. The third-order valence-corrected chi connectivity index (χ3v) is 4.79. The van der Waals surface area contributed by atoms with E-state index in [1.807, 2.05) is 38.1 Å². The van der Waals surface area contributed by atoms with Crippen LogP contribution in [-0.2, 0) is 11.3 Å². The van der Waals surface area contributed by atoms with Crippen LogP contribution < -0.4 is 25.9 Å². The molecular weight excluding hydrogens is 398 g/mol. The molecule has 3 rings (SSSR count). The van der Waals surface area contributed by atoms with E-state index < -0.39 is 11.1 Å². The molecule has 8 nitrogen and oxygen atoms in total. The summed E-state index contributed by atoms with van der Waals surface area (Å²) in [6.45, 7) is 3.84. The van der Waals surface area contributed by atoms with Gasteiger partial charge in [0.15, 0.2) is 0 Å². The molecule has 31 heavy (non-hydrogen) atoms. The fourth-order valence-electron chi connectivity index (χ4n) is 3.17. The van der Waals surface area contributed by atoms with Crippen molar-refractivity contribution in [3.63, 3.8) is 0 Å². The zero-order chi connectivity index (χ0) is 22.4. The van der Waals surface area contributed by atoms with E-state index >= 15 is 0 Å². The van der Waals surface area contributed by atoms with Crippen molar-refractivity contribution in [2.45, 2.75) is 26.4 Å². The number of carbonyl (C=O) groups is 1. The van der Waals surface area contributed by atoms with Crippen molar-refractivity contribution in [3.05, 3.63) is 87.2 Å². The van der Waals surface area contributed by atoms with Gasteiger partial charge in [0.05, 0.1) is 25.4 Å². The van der Waals surface area contributed by atoms with Crippen molar-refractivity contribution in [2.75, 3.05) is 13.7 Å². The second-order valence-corrected chi connectivity index (χ2v) is 6.87. The minimum absolute atomic E-state index is 0.261. The smallest absolute Gasteiger partial charge is 0.321 e. The lowest BCUT2D eigenvalue weighted by molar-refractivity contribution is -0.122. The van der Waals surface area contributed by atoms with Crippen LogP contribution in [0.25, 0.3) is 5.69 Å². The predicted molar refractivity (Wildman–Crippen MR) is 117 cm³/mol. The maximum atomic E-state index is 12.7. The summed E-state index contributed by atoms with van der Waals surface area (Å²) in [5.41, 5.74) is -0.188. The molecule has 1 aromatic heterocycles. The standard InChI is InChI=1S/C23H25N3O5/c1-4-31-20-8-6-5-7-19(20)26-14-13-25(22(28)23(26)29)15-21(27)24-16(2)17-9-11-18(30-3)12-10-17/h5-14,16H,4,15H2,1-3H3,(H,24,27)/t16-/m1/s1. The summed E-state index contributed by atoms with van der Waals surface area (Å²) in [6.07, 6.45) is 2.88. The van der Waals surface area contributed by atoms with Crippen molar-refractivity contribution < 1.29 is 14.3 Å². The monoisotopic (exact) mass is 423 g/mol. The van der Waals surface area contributed by atoms with E-state index in [4.69, 9.17) is 9.47 Å². The second kappa shape index (κ2) is 9.80. The summed E-state index contributed by atoms with van der Waals surface area (Å²) in [5, 5.41) is 2.83. The van der Waals surface area contributed by atoms with Crippen LogP contribution >= 0.6 is 0 Å². The molecule has 3 aromatic rings. The Morgan fingerprint density at radius 2 is 1.74 bits per heavy atom. The Morgan fingerprint density at radius 1 is 1.03 bits per heavy atom. The third-order valence-electron chi connectivity index (χ3n) is 4.79. The average Bonchev–Trinajstić information content (AvgIpc) is 2.78. The van der Waals surface area contributed by atoms with Gasteiger partial charge in [-0.1, -0.05) is 24.3 Å². The van der Waals surface area contributed by atoms with Gasteiger partial charge in [-0.05, 0) is 43.7 Å². The number of nitrogens with zero attached hydrogens (tertiary/aromatic N) is 2. The number of hydrogen-bond donors (Lipinski definition) is 1. The lowest BCUT2D eigenvalue weighted by atomic mass is 10.1. The van der Waals surface area contributed by atoms with Crippen LogP contribution in [0.2, 0.25) is 0 Å². The van der Waals surface area contributed by atoms with Crippen molar-refractivity contribution in [3.8, 4) is 17.2 Å². The summed E-state index contributed by atoms with van der Waals surface area (Å²) >= 11 is 0. The molecule has 0 radical (unpaired) electrons. The Balaban J connectivity index is 1.77. The topological polar surface area (TPSA) is 91.6 Å². The van der Waals surface area contributed by atoms with Gasteiger partial charge in [-0.25, -0.2) is 0 Å². The third kappa shape index (κ3) is 5.03. The van der Waals surface area contributed by atoms with Gasteiger partial charge in [0.25, 0.3) is 0 Å². The van der Waals surface area contributed by atoms with E-state index in [0.29, 0.717) is 18.0 Å². The maximum absolute atomic E-state index is 12.7. The molecule has 8 heteroatoms. The van der Waals surface area contributed by atoms with E-state index in [2.05, 4.69) is 5.32 Å². The van der Waals surface area contributed by atoms with Crippen molar-refractivity contribution in [1.29, 1.82) is 0 Å². The van der Waals surface area contributed by atoms with Gasteiger partial charge in [-0.2, -0.15) is 0 Å². The fraction of sp³-hybridized carbons (Fsp3) is 0.261. The van der Waals surface area contributed by atoms with Gasteiger partial charge >= 0.3 is 11.1 Å². The summed E-state index contributed by atoms with van der Waals surface area (Å²) in [7, 11) is 1.58. The number of benzene rings is 2. The number of ether oxygens (including phenoxy) is 2. The molecule has 0 aliphatic rings. The molecule has 0 saturated heterocycles. The Morgan fingerprint density at radius 3 is 2.42 bits per heavy atom. The number of nitrogens with one attached hydrogen (secondary N) is 1. The Labute approximate surface area is 179 Å². The van der Waals surface area contributed by atoms with Gasteiger partial charge in [-0.3, -0.25) is 23.5 Å². The van der Waals surface area contributed by atoms with E-state index in [1.165, 1.54) is 17.0 Å². The molecule has 2 aromatic carbocycles. The molecular formula is C23H25N3O5. The molecule has 1 atom stereocenters. The summed E-state index contributed by atoms with van der Waals surface area (Å²) in [5.74, 6) is 0.841. The molecule has 0 saturated carbocycles. The van der Waals surface area contributed by atoms with Gasteiger partial charge in [0.1, 0.15) is 18.0 Å². The Kier molecular flexibility index (Phi) is 6.92. The molecule has 0 spiro atoms. The SMILES string of the molecule is CCOc1ccccc1-n1ccn(CC(=O)N[C@H](C)c2ccc(OC)cc2)c(=O)c1=O. The molecule has 1 heterocycles. The van der Waals surface area contributed by atoms with Crippen LogP contribution in [0.1, 0.15) is 25.5 Å². The highest BCUT2D eigenvalue weighted by atomic mass is 16.5. The predicted octanol–water partition coefficient (Wildman–Crippen LogP) is 2.28. The zero-order valence-corrected chi connectivity index (χ0v) is 17.7. The van der Waals surface area contributed by atoms with Crippen LogP contribution in [-0.4, -0.2) is 28.8 Å². The minimum atomic E-state index is -0.791. The first-order valence-electron chi connectivity index (χ1n) is 9.92. The quantitative estimate of drug-likeness (QED) is 0.562. The lowest BCUT2D eigenvalue weighted by Gasteiger charge is -2.16. The molecule has 0 bridgehead atoms. The van der Waals surface area contributed by atoms with Crippen LogP contribution in [0.3, 0.4) is 0 Å². The van der Waals surface area contributed by atoms with E-state index in [9.17, 15) is 14.4 Å². The van der Waals surface area contributed by atoms with Crippen molar-refractivity contribution >= 4 is 5.91 Å². The van der Waals surface area contributed by atoms with Gasteiger partial charge in [-0.15, -0.1) is 0 Å². The van der Waals surface area contributed by atoms with Crippen molar-refractivity contribution in [1.82, 2.24) is 14.5 Å². The van der Waals surface area contributed by atoms with Gasteiger partial charge in [0.2, 0.25) is 5.91 Å². The number of hydrogen-bond acceptors (Lipinski definition) is 5. The first-order chi connectivity index (χ1) is 14.9. The van der Waals surface area contributed by atoms with Crippen LogP contribution in [0.5, 0.6) is 11.5 Å². The molecule has 1 N–H and O–H groups in total. The summed E-state index contributed by atoms with van der Waals surface area (Å²) < 4.78 is 13.0. The lowest BCUT2D eigenvalue weighted by Crippen LogP contribution is -2.42. The minimum Gasteiger partial charge on any atom is -0.497 e.